The SMILES string of the molecule is [2H]c1c([2H])c([2H])c(-c2ccc3c(c2)c2cc(-n4c5ccc(C(C)(C)C)cc5c5cc(C(C)(C)C)ccc54)ccc2n3-c2c(C(C)(C)c3ccccc3)cc(C(C)(C)c3ccccc3)cc2C(C)(C)c2ccccc2)c([2H])c1[2H]. The lowest BCUT2D eigenvalue weighted by Gasteiger charge is -2.38. The second kappa shape index (κ2) is 17.4. The lowest BCUT2D eigenvalue weighted by atomic mass is 9.68. The molecular formula is C71H70N2. The molecular weight excluding hydrogens is 881 g/mol. The van der Waals surface area contributed by atoms with E-state index >= 15 is 0 Å². The maximum atomic E-state index is 9.18. The van der Waals surface area contributed by atoms with Crippen LogP contribution in [0.15, 0.2) is 206 Å². The molecule has 0 aliphatic carbocycles. The van der Waals surface area contributed by atoms with Crippen molar-refractivity contribution in [1.82, 2.24) is 9.13 Å². The quantitative estimate of drug-likeness (QED) is 0.136. The maximum Gasteiger partial charge on any atom is 0.0629 e. The highest BCUT2D eigenvalue weighted by Gasteiger charge is 2.38. The molecule has 2 nitrogen and oxygen atoms in total. The smallest absolute Gasteiger partial charge is 0.0629 e. The van der Waals surface area contributed by atoms with Crippen LogP contribution < -0.4 is 0 Å². The summed E-state index contributed by atoms with van der Waals surface area (Å²) in [6.07, 6.45) is 0. The molecule has 9 aromatic carbocycles. The fourth-order valence-electron chi connectivity index (χ4n) is 11.4. The molecule has 0 atom stereocenters. The summed E-state index contributed by atoms with van der Waals surface area (Å²) in [6.45, 7) is 27.7. The highest BCUT2D eigenvalue weighted by molar-refractivity contribution is 6.13. The zero-order chi connectivity index (χ0) is 55.6. The van der Waals surface area contributed by atoms with Gasteiger partial charge in [0.15, 0.2) is 0 Å². The molecule has 0 radical (unpaired) electrons. The van der Waals surface area contributed by atoms with Crippen LogP contribution in [0.2, 0.25) is 0 Å². The topological polar surface area (TPSA) is 9.86 Å². The van der Waals surface area contributed by atoms with Gasteiger partial charge in [-0.2, -0.15) is 0 Å². The van der Waals surface area contributed by atoms with E-state index in [1.54, 1.807) is 0 Å². The first-order valence-corrected chi connectivity index (χ1v) is 25.9. The molecule has 0 saturated carbocycles. The molecule has 0 bridgehead atoms. The van der Waals surface area contributed by atoms with Crippen LogP contribution in [0, 0.1) is 0 Å². The predicted molar refractivity (Wildman–Crippen MR) is 314 cm³/mol. The van der Waals surface area contributed by atoms with Crippen molar-refractivity contribution in [3.8, 4) is 22.5 Å². The molecule has 0 aliphatic heterocycles. The van der Waals surface area contributed by atoms with Gasteiger partial charge in [-0.25, -0.2) is 0 Å². The van der Waals surface area contributed by atoms with Crippen LogP contribution in [0.25, 0.3) is 66.1 Å². The molecule has 0 spiro atoms. The van der Waals surface area contributed by atoms with Crippen LogP contribution >= 0.6 is 0 Å². The Morgan fingerprint density at radius 3 is 1.18 bits per heavy atom. The number of aromatic nitrogens is 2. The molecule has 2 heteroatoms. The minimum absolute atomic E-state index is 0.0552. The minimum Gasteiger partial charge on any atom is -0.309 e. The van der Waals surface area contributed by atoms with Crippen molar-refractivity contribution in [2.45, 2.75) is 110 Å². The van der Waals surface area contributed by atoms with Gasteiger partial charge in [0.25, 0.3) is 0 Å². The van der Waals surface area contributed by atoms with Gasteiger partial charge in [-0.1, -0.05) is 235 Å². The van der Waals surface area contributed by atoms with E-state index in [1.165, 1.54) is 55.3 Å². The highest BCUT2D eigenvalue weighted by atomic mass is 15.0. The number of hydrogen-bond acceptors (Lipinski definition) is 0. The fourth-order valence-corrected chi connectivity index (χ4v) is 11.4. The molecule has 364 valence electrons. The normalized spacial score (nSPS) is 13.9. The van der Waals surface area contributed by atoms with E-state index in [-0.39, 0.29) is 46.0 Å². The summed E-state index contributed by atoms with van der Waals surface area (Å²) in [5.74, 6) is 0. The lowest BCUT2D eigenvalue weighted by molar-refractivity contribution is 0.590. The Kier molecular flexibility index (Phi) is 10.0. The van der Waals surface area contributed by atoms with Gasteiger partial charge in [-0.05, 0) is 121 Å². The Bertz CT molecular complexity index is 3990. The van der Waals surface area contributed by atoms with Crippen LogP contribution in [0.1, 0.15) is 134 Å². The van der Waals surface area contributed by atoms with Gasteiger partial charge < -0.3 is 9.13 Å². The first kappa shape index (κ1) is 42.1. The molecule has 73 heavy (non-hydrogen) atoms. The van der Waals surface area contributed by atoms with E-state index in [0.29, 0.717) is 5.56 Å². The number of nitrogens with zero attached hydrogens (tertiary/aromatic N) is 2. The second-order valence-corrected chi connectivity index (χ2v) is 24.0. The molecule has 0 fully saturated rings. The molecule has 0 aliphatic rings. The van der Waals surface area contributed by atoms with Crippen LogP contribution in [0.5, 0.6) is 0 Å². The summed E-state index contributed by atoms with van der Waals surface area (Å²) in [4.78, 5) is 0. The van der Waals surface area contributed by atoms with Gasteiger partial charge in [0.2, 0.25) is 0 Å². The molecule has 0 amide bonds. The van der Waals surface area contributed by atoms with Crippen molar-refractivity contribution in [3.63, 3.8) is 0 Å². The Morgan fingerprint density at radius 1 is 0.315 bits per heavy atom. The highest BCUT2D eigenvalue weighted by Crippen LogP contribution is 2.49. The zero-order valence-corrected chi connectivity index (χ0v) is 44.6. The molecule has 11 rings (SSSR count). The average Bonchev–Trinajstić information content (AvgIpc) is 4.10. The van der Waals surface area contributed by atoms with Crippen molar-refractivity contribution in [1.29, 1.82) is 0 Å². The predicted octanol–water partition coefficient (Wildman–Crippen LogP) is 19.1. The Morgan fingerprint density at radius 2 is 0.712 bits per heavy atom. The Labute approximate surface area is 441 Å². The fraction of sp³-hybridized carbons (Fsp3) is 0.239. The lowest BCUT2D eigenvalue weighted by Crippen LogP contribution is -2.30. The summed E-state index contributed by atoms with van der Waals surface area (Å²) < 4.78 is 49.2. The first-order valence-electron chi connectivity index (χ1n) is 28.4. The zero-order valence-electron chi connectivity index (χ0n) is 49.6. The number of rotatable bonds is 9. The van der Waals surface area contributed by atoms with E-state index in [0.717, 1.165) is 44.2 Å². The Balaban J connectivity index is 1.31. The van der Waals surface area contributed by atoms with E-state index in [9.17, 15) is 2.74 Å². The largest absolute Gasteiger partial charge is 0.309 e. The number of fused-ring (bicyclic) bond motifs is 6. The van der Waals surface area contributed by atoms with E-state index in [2.05, 4.69) is 262 Å². The first-order chi connectivity index (χ1) is 36.8. The number of hydrogen-bond donors (Lipinski definition) is 0. The summed E-state index contributed by atoms with van der Waals surface area (Å²) in [7, 11) is 0. The molecule has 0 saturated heterocycles. The summed E-state index contributed by atoms with van der Waals surface area (Å²) in [5, 5.41) is 4.29. The third-order valence-electron chi connectivity index (χ3n) is 16.2. The van der Waals surface area contributed by atoms with E-state index in [4.69, 9.17) is 4.11 Å². The van der Waals surface area contributed by atoms with Crippen LogP contribution in [0.4, 0.5) is 0 Å². The standard InChI is InChI=1S/C71H70N2/c1-67(2,3)52-34-38-62-57(42-52)58-43-53(68(4,5)6)35-39-63(58)72(62)55-36-40-65-59(46-55)56-41-48(47-25-17-13-18-26-47)33-37-64(56)73(65)66-60(70(9,10)50-29-21-15-22-30-50)44-54(69(7,8)49-27-19-14-20-28-49)45-61(66)71(11,12)51-31-23-16-24-32-51/h13-46H,1-12H3/i13D,17D,18D,25D,26D. The minimum atomic E-state index is -0.530. The molecule has 2 aromatic heterocycles. The van der Waals surface area contributed by atoms with E-state index < -0.39 is 16.9 Å². The van der Waals surface area contributed by atoms with Gasteiger partial charge in [-0.15, -0.1) is 0 Å². The van der Waals surface area contributed by atoms with Crippen LogP contribution in [0.3, 0.4) is 0 Å². The third kappa shape index (κ3) is 8.11. The van der Waals surface area contributed by atoms with Gasteiger partial charge in [0.1, 0.15) is 0 Å². The Hall–Kier alpha value is -7.42. The molecule has 0 unspecified atom stereocenters. The third-order valence-corrected chi connectivity index (χ3v) is 16.2. The maximum absolute atomic E-state index is 9.18. The van der Waals surface area contributed by atoms with Crippen molar-refractivity contribution in [3.05, 3.63) is 251 Å². The molecule has 0 N–H and O–H groups in total. The average molecular weight is 956 g/mol. The van der Waals surface area contributed by atoms with Gasteiger partial charge in [0.05, 0.1) is 34.6 Å². The van der Waals surface area contributed by atoms with Gasteiger partial charge in [-0.3, -0.25) is 0 Å². The van der Waals surface area contributed by atoms with Crippen LogP contribution in [-0.2, 0) is 27.1 Å². The van der Waals surface area contributed by atoms with E-state index in [1.807, 2.05) is 6.07 Å². The summed E-state index contributed by atoms with van der Waals surface area (Å²) in [5.41, 5.74) is 15.1. The second-order valence-electron chi connectivity index (χ2n) is 24.0. The van der Waals surface area contributed by atoms with Crippen molar-refractivity contribution in [2.24, 2.45) is 0 Å². The molecule has 11 aromatic rings. The van der Waals surface area contributed by atoms with Gasteiger partial charge >= 0.3 is 0 Å². The monoisotopic (exact) mass is 956 g/mol. The number of benzene rings is 9. The van der Waals surface area contributed by atoms with Crippen molar-refractivity contribution >= 4 is 43.6 Å². The summed E-state index contributed by atoms with van der Waals surface area (Å²) >= 11 is 0. The van der Waals surface area contributed by atoms with Crippen molar-refractivity contribution in [2.75, 3.05) is 0 Å². The van der Waals surface area contributed by atoms with Crippen molar-refractivity contribution < 1.29 is 6.85 Å². The van der Waals surface area contributed by atoms with Crippen LogP contribution in [-0.4, -0.2) is 9.13 Å². The summed E-state index contributed by atoms with van der Waals surface area (Å²) in [6, 6.07) is 62.7. The van der Waals surface area contributed by atoms with Gasteiger partial charge in [0, 0.05) is 43.5 Å². The molecule has 2 heterocycles.